The van der Waals surface area contributed by atoms with Gasteiger partial charge in [-0.1, -0.05) is 13.8 Å². The summed E-state index contributed by atoms with van der Waals surface area (Å²) in [6.07, 6.45) is -2.98. The molecule has 0 radical (unpaired) electrons. The van der Waals surface area contributed by atoms with E-state index < -0.39 is 24.5 Å². The monoisotopic (exact) mass is 316 g/mol. The summed E-state index contributed by atoms with van der Waals surface area (Å²) in [7, 11) is 0. The lowest BCUT2D eigenvalue weighted by Gasteiger charge is -2.38. The molecular formula is C13H28N6O3. The minimum Gasteiger partial charge on any atom is -0.387 e. The summed E-state index contributed by atoms with van der Waals surface area (Å²) >= 11 is 0. The van der Waals surface area contributed by atoms with Gasteiger partial charge in [0.15, 0.2) is 0 Å². The van der Waals surface area contributed by atoms with E-state index in [2.05, 4.69) is 21.3 Å². The molecule has 9 heteroatoms. The highest BCUT2D eigenvalue weighted by Crippen LogP contribution is 2.28. The summed E-state index contributed by atoms with van der Waals surface area (Å²) in [6, 6.07) is 0.337. The highest BCUT2D eigenvalue weighted by molar-refractivity contribution is 5.01. The van der Waals surface area contributed by atoms with Crippen LogP contribution in [0.1, 0.15) is 13.8 Å². The van der Waals surface area contributed by atoms with Gasteiger partial charge in [0, 0.05) is 19.3 Å². The van der Waals surface area contributed by atoms with Crippen LogP contribution in [0.2, 0.25) is 0 Å². The van der Waals surface area contributed by atoms with Crippen molar-refractivity contribution in [2.45, 2.75) is 62.8 Å². The van der Waals surface area contributed by atoms with Crippen molar-refractivity contribution in [1.82, 2.24) is 26.2 Å². The second-order valence-corrected chi connectivity index (χ2v) is 6.57. The molecule has 0 amide bonds. The van der Waals surface area contributed by atoms with E-state index in [-0.39, 0.29) is 18.4 Å². The molecule has 0 aromatic heterocycles. The minimum absolute atomic E-state index is 0.0279. The van der Waals surface area contributed by atoms with Crippen molar-refractivity contribution in [2.75, 3.05) is 19.9 Å². The van der Waals surface area contributed by atoms with Crippen molar-refractivity contribution >= 4 is 0 Å². The molecule has 0 saturated carbocycles. The van der Waals surface area contributed by atoms with Gasteiger partial charge in [0.2, 0.25) is 0 Å². The Bertz CT molecular complexity index is 387. The van der Waals surface area contributed by atoms with E-state index in [0.29, 0.717) is 25.9 Å². The smallest absolute Gasteiger partial charge is 0.142 e. The normalized spacial score (nSPS) is 46.4. The van der Waals surface area contributed by atoms with Crippen LogP contribution in [-0.4, -0.2) is 84.0 Å². The Morgan fingerprint density at radius 1 is 1.27 bits per heavy atom. The number of ether oxygens (including phenoxy) is 1. The fourth-order valence-corrected chi connectivity index (χ4v) is 3.37. The average Bonchev–Trinajstić information content (AvgIpc) is 3.01. The van der Waals surface area contributed by atoms with Gasteiger partial charge in [-0.25, -0.2) is 4.90 Å². The molecule has 3 saturated heterocycles. The van der Waals surface area contributed by atoms with E-state index in [4.69, 9.17) is 10.5 Å². The summed E-state index contributed by atoms with van der Waals surface area (Å²) in [5.74, 6) is 0. The minimum atomic E-state index is -0.938. The maximum atomic E-state index is 10.4. The zero-order valence-corrected chi connectivity index (χ0v) is 13.1. The second kappa shape index (κ2) is 6.63. The predicted octanol–water partition coefficient (Wildman–Crippen LogP) is -3.58. The molecule has 8 N–H and O–H groups in total. The molecule has 128 valence electrons. The van der Waals surface area contributed by atoms with E-state index >= 15 is 0 Å². The van der Waals surface area contributed by atoms with Crippen LogP contribution in [0.5, 0.6) is 0 Å². The fourth-order valence-electron chi connectivity index (χ4n) is 3.37. The molecule has 0 aromatic rings. The molecule has 3 rings (SSSR count). The van der Waals surface area contributed by atoms with Gasteiger partial charge in [0.05, 0.1) is 25.0 Å². The van der Waals surface area contributed by atoms with Gasteiger partial charge in [0.1, 0.15) is 24.5 Å². The molecule has 7 unspecified atom stereocenters. The first-order chi connectivity index (χ1) is 10.5. The molecule has 3 fully saturated rings. The molecule has 3 heterocycles. The number of rotatable bonds is 4. The van der Waals surface area contributed by atoms with Crippen LogP contribution in [0, 0.1) is 0 Å². The van der Waals surface area contributed by atoms with Crippen molar-refractivity contribution in [3.63, 3.8) is 0 Å². The molecule has 7 atom stereocenters. The average molecular weight is 316 g/mol. The van der Waals surface area contributed by atoms with Crippen LogP contribution < -0.4 is 27.0 Å². The van der Waals surface area contributed by atoms with Crippen molar-refractivity contribution in [3.05, 3.63) is 0 Å². The third-order valence-corrected chi connectivity index (χ3v) is 4.63. The quantitative estimate of drug-likeness (QED) is 0.282. The Balaban J connectivity index is 1.64. The maximum absolute atomic E-state index is 10.4. The van der Waals surface area contributed by atoms with Gasteiger partial charge in [-0.2, -0.15) is 0 Å². The maximum Gasteiger partial charge on any atom is 0.142 e. The van der Waals surface area contributed by atoms with Gasteiger partial charge < -0.3 is 26.0 Å². The predicted molar refractivity (Wildman–Crippen MR) is 80.3 cm³/mol. The zero-order valence-electron chi connectivity index (χ0n) is 13.1. The van der Waals surface area contributed by atoms with E-state index in [1.807, 2.05) is 18.7 Å². The number of hydrogen-bond acceptors (Lipinski definition) is 9. The molecule has 3 aliphatic heterocycles. The van der Waals surface area contributed by atoms with Gasteiger partial charge in [-0.05, 0) is 0 Å². The van der Waals surface area contributed by atoms with Crippen molar-refractivity contribution in [3.8, 4) is 0 Å². The summed E-state index contributed by atoms with van der Waals surface area (Å²) in [5.41, 5.74) is 6.05. The van der Waals surface area contributed by atoms with Crippen LogP contribution in [-0.2, 0) is 4.74 Å². The van der Waals surface area contributed by atoms with E-state index in [1.54, 1.807) is 0 Å². The van der Waals surface area contributed by atoms with E-state index in [9.17, 15) is 10.2 Å². The van der Waals surface area contributed by atoms with Gasteiger partial charge in [0.25, 0.3) is 0 Å². The Labute approximate surface area is 130 Å². The number of nitrogens with two attached hydrogens (primary N) is 1. The summed E-state index contributed by atoms with van der Waals surface area (Å²) in [6.45, 7) is 5.73. The van der Waals surface area contributed by atoms with Gasteiger partial charge >= 0.3 is 0 Å². The first kappa shape index (κ1) is 16.5. The van der Waals surface area contributed by atoms with Crippen LogP contribution in [0.4, 0.5) is 0 Å². The molecule has 22 heavy (non-hydrogen) atoms. The zero-order chi connectivity index (χ0) is 15.9. The molecule has 0 spiro atoms. The molecular weight excluding hydrogens is 288 g/mol. The Morgan fingerprint density at radius 2 is 2.05 bits per heavy atom. The fraction of sp³-hybridized carbons (Fsp3) is 1.00. The van der Waals surface area contributed by atoms with Crippen molar-refractivity contribution in [1.29, 1.82) is 0 Å². The highest BCUT2D eigenvalue weighted by Gasteiger charge is 2.51. The number of aliphatic hydroxyl groups is 2. The lowest BCUT2D eigenvalue weighted by Crippen LogP contribution is -2.68. The van der Waals surface area contributed by atoms with Crippen LogP contribution in [0.15, 0.2) is 0 Å². The number of hydrogen-bond donors (Lipinski definition) is 7. The lowest BCUT2D eigenvalue weighted by molar-refractivity contribution is -0.102. The Kier molecular flexibility index (Phi) is 4.98. The highest BCUT2D eigenvalue weighted by atomic mass is 16.6. The first-order valence-corrected chi connectivity index (χ1v) is 7.95. The van der Waals surface area contributed by atoms with E-state index in [1.165, 1.54) is 0 Å². The molecule has 0 bridgehead atoms. The summed E-state index contributed by atoms with van der Waals surface area (Å²) < 4.78 is 5.93. The largest absolute Gasteiger partial charge is 0.387 e. The Hall–Kier alpha value is -0.360. The van der Waals surface area contributed by atoms with Gasteiger partial charge in [-0.15, -0.1) is 0 Å². The Morgan fingerprint density at radius 3 is 2.77 bits per heavy atom. The molecule has 3 aliphatic rings. The van der Waals surface area contributed by atoms with Crippen molar-refractivity contribution in [2.24, 2.45) is 5.73 Å². The van der Waals surface area contributed by atoms with Crippen LogP contribution >= 0.6 is 0 Å². The summed E-state index contributed by atoms with van der Waals surface area (Å²) in [4.78, 5) is 1.99. The summed E-state index contributed by atoms with van der Waals surface area (Å²) in [5, 5.41) is 33.6. The third-order valence-electron chi connectivity index (χ3n) is 4.63. The van der Waals surface area contributed by atoms with Crippen LogP contribution in [0.3, 0.4) is 0 Å². The van der Waals surface area contributed by atoms with Crippen LogP contribution in [0.25, 0.3) is 0 Å². The number of aliphatic hydroxyl groups excluding tert-OH is 2. The molecule has 0 aliphatic carbocycles. The topological polar surface area (TPSA) is 127 Å². The lowest BCUT2D eigenvalue weighted by atomic mass is 10.1. The standard InChI is InChI=1S/C13H28N6O3/c1-6(2)15-3-7-9(20)10(21)13(22-7)19-5-18-8-11(14)16-4-17-12(8)19/h6-13,15-18,20-21H,3-5,14H2,1-2H3. The van der Waals surface area contributed by atoms with Gasteiger partial charge in [-0.3, -0.25) is 16.0 Å². The SMILES string of the molecule is CC(C)NCC1OC(N2CNC3C(N)NCNC32)C(O)C1O. The number of nitrogens with zero attached hydrogens (tertiary/aromatic N) is 1. The molecule has 0 aromatic carbocycles. The third kappa shape index (κ3) is 3.01. The molecule has 9 nitrogen and oxygen atoms in total. The number of nitrogens with one attached hydrogen (secondary N) is 4. The first-order valence-electron chi connectivity index (χ1n) is 7.95. The van der Waals surface area contributed by atoms with E-state index in [0.717, 1.165) is 0 Å². The second-order valence-electron chi connectivity index (χ2n) is 6.57. The van der Waals surface area contributed by atoms with Crippen molar-refractivity contribution < 1.29 is 14.9 Å². The number of fused-ring (bicyclic) bond motifs is 1.